The Morgan fingerprint density at radius 1 is 1.10 bits per heavy atom. The summed E-state index contributed by atoms with van der Waals surface area (Å²) in [5.41, 5.74) is 10.1. The molecular formula is C19H24N2. The van der Waals surface area contributed by atoms with Crippen molar-refractivity contribution in [2.45, 2.75) is 39.2 Å². The molecule has 0 aromatic heterocycles. The monoisotopic (exact) mass is 280 g/mol. The molecule has 0 aliphatic heterocycles. The average molecular weight is 280 g/mol. The van der Waals surface area contributed by atoms with Crippen molar-refractivity contribution < 1.29 is 0 Å². The minimum atomic E-state index is 0.331. The second-order valence-electron chi connectivity index (χ2n) is 6.34. The van der Waals surface area contributed by atoms with Crippen LogP contribution in [0, 0.1) is 19.8 Å². The van der Waals surface area contributed by atoms with E-state index in [2.05, 4.69) is 61.7 Å². The van der Waals surface area contributed by atoms with Crippen molar-refractivity contribution in [2.24, 2.45) is 11.8 Å². The number of aryl methyl sites for hydroxylation is 2. The third kappa shape index (κ3) is 3.02. The van der Waals surface area contributed by atoms with E-state index < -0.39 is 0 Å². The lowest BCUT2D eigenvalue weighted by Gasteiger charge is -2.23. The second-order valence-corrected chi connectivity index (χ2v) is 6.34. The van der Waals surface area contributed by atoms with Crippen molar-refractivity contribution in [3.63, 3.8) is 0 Å². The highest BCUT2D eigenvalue weighted by molar-refractivity contribution is 5.34. The first-order valence-electron chi connectivity index (χ1n) is 7.76. The van der Waals surface area contributed by atoms with E-state index in [-0.39, 0.29) is 0 Å². The van der Waals surface area contributed by atoms with Crippen LogP contribution in [0.4, 0.5) is 0 Å². The molecule has 3 rings (SSSR count). The number of nitrogens with two attached hydrogens (primary N) is 1. The SMILES string of the molecule is Cc1ccc(C)c(CC(NN)C2Cc3ccccc3C2)c1. The molecule has 2 aromatic rings. The summed E-state index contributed by atoms with van der Waals surface area (Å²) >= 11 is 0. The normalized spacial score (nSPS) is 16.0. The molecule has 0 radical (unpaired) electrons. The fraction of sp³-hybridized carbons (Fsp3) is 0.368. The van der Waals surface area contributed by atoms with Crippen LogP contribution >= 0.6 is 0 Å². The number of rotatable bonds is 4. The third-order valence-corrected chi connectivity index (χ3v) is 4.81. The summed E-state index contributed by atoms with van der Waals surface area (Å²) in [5.74, 6) is 6.46. The molecule has 3 N–H and O–H groups in total. The molecule has 0 amide bonds. The van der Waals surface area contributed by atoms with Gasteiger partial charge in [0.2, 0.25) is 0 Å². The minimum Gasteiger partial charge on any atom is -0.271 e. The Hall–Kier alpha value is -1.64. The van der Waals surface area contributed by atoms with Crippen molar-refractivity contribution in [1.29, 1.82) is 0 Å². The summed E-state index contributed by atoms with van der Waals surface area (Å²) in [6, 6.07) is 15.8. The van der Waals surface area contributed by atoms with E-state index in [0.717, 1.165) is 19.3 Å². The first-order valence-corrected chi connectivity index (χ1v) is 7.76. The van der Waals surface area contributed by atoms with Gasteiger partial charge < -0.3 is 0 Å². The van der Waals surface area contributed by atoms with Crippen molar-refractivity contribution in [3.8, 4) is 0 Å². The third-order valence-electron chi connectivity index (χ3n) is 4.81. The van der Waals surface area contributed by atoms with Gasteiger partial charge in [-0.15, -0.1) is 0 Å². The van der Waals surface area contributed by atoms with E-state index in [1.807, 2.05) is 0 Å². The Kier molecular flexibility index (Phi) is 4.09. The van der Waals surface area contributed by atoms with E-state index in [0.29, 0.717) is 12.0 Å². The van der Waals surface area contributed by atoms with Gasteiger partial charge in [0.05, 0.1) is 0 Å². The zero-order valence-corrected chi connectivity index (χ0v) is 12.9. The lowest BCUT2D eigenvalue weighted by atomic mass is 9.89. The first kappa shape index (κ1) is 14.3. The topological polar surface area (TPSA) is 38.0 Å². The Labute approximate surface area is 127 Å². The van der Waals surface area contributed by atoms with E-state index in [1.54, 1.807) is 0 Å². The molecule has 0 saturated carbocycles. The lowest BCUT2D eigenvalue weighted by molar-refractivity contribution is 0.366. The van der Waals surface area contributed by atoms with Gasteiger partial charge in [-0.05, 0) is 61.3 Å². The van der Waals surface area contributed by atoms with E-state index in [4.69, 9.17) is 5.84 Å². The van der Waals surface area contributed by atoms with Gasteiger partial charge in [-0.25, -0.2) is 0 Å². The van der Waals surface area contributed by atoms with Crippen LogP contribution < -0.4 is 11.3 Å². The lowest BCUT2D eigenvalue weighted by Crippen LogP contribution is -2.43. The van der Waals surface area contributed by atoms with Gasteiger partial charge in [0.15, 0.2) is 0 Å². The van der Waals surface area contributed by atoms with Crippen LogP contribution in [0.5, 0.6) is 0 Å². The summed E-state index contributed by atoms with van der Waals surface area (Å²) in [5, 5.41) is 0. The van der Waals surface area contributed by atoms with Gasteiger partial charge in [-0.1, -0.05) is 48.0 Å². The van der Waals surface area contributed by atoms with E-state index in [1.165, 1.54) is 27.8 Å². The molecule has 0 bridgehead atoms. The fourth-order valence-electron chi connectivity index (χ4n) is 3.50. The summed E-state index contributed by atoms with van der Waals surface area (Å²) in [4.78, 5) is 0. The van der Waals surface area contributed by atoms with Crippen LogP contribution in [-0.4, -0.2) is 6.04 Å². The number of benzene rings is 2. The molecule has 0 spiro atoms. The minimum absolute atomic E-state index is 0.331. The Balaban J connectivity index is 1.76. The highest BCUT2D eigenvalue weighted by Gasteiger charge is 2.28. The van der Waals surface area contributed by atoms with Gasteiger partial charge in [0.1, 0.15) is 0 Å². The summed E-state index contributed by atoms with van der Waals surface area (Å²) in [6.45, 7) is 4.34. The number of nitrogens with one attached hydrogen (secondary N) is 1. The van der Waals surface area contributed by atoms with Gasteiger partial charge in [-0.2, -0.15) is 0 Å². The molecule has 1 atom stereocenters. The molecule has 0 fully saturated rings. The maximum atomic E-state index is 5.87. The van der Waals surface area contributed by atoms with Crippen molar-refractivity contribution in [1.82, 2.24) is 5.43 Å². The smallest absolute Gasteiger partial charge is 0.0285 e. The van der Waals surface area contributed by atoms with Gasteiger partial charge in [-0.3, -0.25) is 11.3 Å². The Morgan fingerprint density at radius 3 is 2.38 bits per heavy atom. The number of hydrogen-bond acceptors (Lipinski definition) is 2. The van der Waals surface area contributed by atoms with Crippen LogP contribution in [-0.2, 0) is 19.3 Å². The number of hydrogen-bond donors (Lipinski definition) is 2. The molecule has 0 heterocycles. The van der Waals surface area contributed by atoms with Crippen LogP contribution in [0.25, 0.3) is 0 Å². The molecule has 1 unspecified atom stereocenters. The molecule has 21 heavy (non-hydrogen) atoms. The fourth-order valence-corrected chi connectivity index (χ4v) is 3.50. The van der Waals surface area contributed by atoms with Crippen molar-refractivity contribution in [3.05, 3.63) is 70.3 Å². The number of fused-ring (bicyclic) bond motifs is 1. The van der Waals surface area contributed by atoms with Gasteiger partial charge in [0.25, 0.3) is 0 Å². The van der Waals surface area contributed by atoms with Crippen LogP contribution in [0.1, 0.15) is 27.8 Å². The summed E-state index contributed by atoms with van der Waals surface area (Å²) < 4.78 is 0. The first-order chi connectivity index (χ1) is 10.2. The highest BCUT2D eigenvalue weighted by Crippen LogP contribution is 2.30. The van der Waals surface area contributed by atoms with E-state index in [9.17, 15) is 0 Å². The Bertz CT molecular complexity index is 608. The summed E-state index contributed by atoms with van der Waals surface area (Å²) in [7, 11) is 0. The molecule has 1 aliphatic rings. The molecular weight excluding hydrogens is 256 g/mol. The van der Waals surface area contributed by atoms with Crippen LogP contribution in [0.2, 0.25) is 0 Å². The zero-order chi connectivity index (χ0) is 14.8. The molecule has 110 valence electrons. The second kappa shape index (κ2) is 6.00. The average Bonchev–Trinajstić information content (AvgIpc) is 2.91. The van der Waals surface area contributed by atoms with Gasteiger partial charge in [0, 0.05) is 6.04 Å². The molecule has 0 saturated heterocycles. The Morgan fingerprint density at radius 2 is 1.76 bits per heavy atom. The molecule has 2 nitrogen and oxygen atoms in total. The summed E-state index contributed by atoms with van der Waals surface area (Å²) in [6.07, 6.45) is 3.27. The van der Waals surface area contributed by atoms with Crippen molar-refractivity contribution >= 4 is 0 Å². The highest BCUT2D eigenvalue weighted by atomic mass is 15.2. The maximum Gasteiger partial charge on any atom is 0.0285 e. The van der Waals surface area contributed by atoms with Gasteiger partial charge >= 0.3 is 0 Å². The van der Waals surface area contributed by atoms with Crippen LogP contribution in [0.15, 0.2) is 42.5 Å². The van der Waals surface area contributed by atoms with Crippen LogP contribution in [0.3, 0.4) is 0 Å². The maximum absolute atomic E-state index is 5.87. The predicted molar refractivity (Wildman–Crippen MR) is 88.1 cm³/mol. The zero-order valence-electron chi connectivity index (χ0n) is 12.9. The van der Waals surface area contributed by atoms with E-state index >= 15 is 0 Å². The molecule has 2 heteroatoms. The largest absolute Gasteiger partial charge is 0.271 e. The standard InChI is InChI=1S/C19H24N2/c1-13-7-8-14(2)17(9-13)12-19(21-20)18-10-15-5-3-4-6-16(15)11-18/h3-9,18-19,21H,10-12,20H2,1-2H3. The molecule has 1 aliphatic carbocycles. The number of hydrazine groups is 1. The van der Waals surface area contributed by atoms with Crippen molar-refractivity contribution in [2.75, 3.05) is 0 Å². The molecule has 2 aromatic carbocycles. The quantitative estimate of drug-likeness (QED) is 0.667. The predicted octanol–water partition coefficient (Wildman–Crippen LogP) is 3.09.